The minimum absolute atomic E-state index is 0. The van der Waals surface area contributed by atoms with Crippen molar-refractivity contribution >= 4 is 19.8 Å². The molecule has 0 heterocycles. The van der Waals surface area contributed by atoms with E-state index in [9.17, 15) is 0 Å². The van der Waals surface area contributed by atoms with Crippen LogP contribution in [-0.4, -0.2) is 19.8 Å². The Kier molecular flexibility index (Phi) is 14.0. The summed E-state index contributed by atoms with van der Waals surface area (Å²) in [4.78, 5) is 7.09. The average molecular weight is 322 g/mol. The zero-order chi connectivity index (χ0) is 7.11. The summed E-state index contributed by atoms with van der Waals surface area (Å²) >= 11 is -0.543. The molecule has 0 spiro atoms. The first-order valence-electron chi connectivity index (χ1n) is 3.22. The Morgan fingerprint density at radius 2 is 1.90 bits per heavy atom. The van der Waals surface area contributed by atoms with E-state index in [2.05, 4.69) is 27.0 Å². The summed E-state index contributed by atoms with van der Waals surface area (Å²) in [5, 5.41) is 0. The fourth-order valence-corrected chi connectivity index (χ4v) is 0.340. The van der Waals surface area contributed by atoms with Gasteiger partial charge in [-0.15, -0.1) is 6.42 Å². The Morgan fingerprint density at radius 1 is 1.40 bits per heavy atom. The standard InChI is InChI=1S/C5H5.3CH3.Sn.Zr.2H/c1-2-4-5-3-1;;;;;;;/h1-3H,4H2;3*1H3;;;;/q-1;;;;;+3;2*-1. The van der Waals surface area contributed by atoms with Gasteiger partial charge in [-0.05, 0) is 0 Å². The minimum Gasteiger partial charge on any atom is -1.00 e. The molecule has 1 aliphatic rings. The normalized spacial score (nSPS) is 12.4. The number of allylic oxidation sites excluding steroid dienone is 4. The molecule has 0 fully saturated rings. The van der Waals surface area contributed by atoms with Crippen LogP contribution in [0.1, 0.15) is 9.27 Å². The Bertz CT molecular complexity index is 101. The fraction of sp³-hybridized carbons (Fsp3) is 0.500. The fourth-order valence-electron chi connectivity index (χ4n) is 0.340. The summed E-state index contributed by atoms with van der Waals surface area (Å²) in [5.74, 6) is 0. The molecule has 0 amide bonds. The van der Waals surface area contributed by atoms with Crippen molar-refractivity contribution in [2.24, 2.45) is 0 Å². The van der Waals surface area contributed by atoms with Gasteiger partial charge in [-0.3, -0.25) is 6.08 Å². The first-order chi connectivity index (χ1) is 4.23. The largest absolute Gasteiger partial charge is 3.00 e. The van der Waals surface area contributed by atoms with Gasteiger partial charge in [0.2, 0.25) is 0 Å². The molecule has 1 rings (SSSR count). The molecule has 56 valence electrons. The van der Waals surface area contributed by atoms with Gasteiger partial charge in [0.1, 0.15) is 0 Å². The third kappa shape index (κ3) is 16.1. The Labute approximate surface area is 93.6 Å². The summed E-state index contributed by atoms with van der Waals surface area (Å²) in [6.07, 6.45) is 10.0. The van der Waals surface area contributed by atoms with Crippen LogP contribution in [0.4, 0.5) is 0 Å². The molecule has 0 bridgehead atoms. The van der Waals surface area contributed by atoms with Gasteiger partial charge >= 0.3 is 60.8 Å². The van der Waals surface area contributed by atoms with Crippen LogP contribution in [0.5, 0.6) is 0 Å². The van der Waals surface area contributed by atoms with Crippen molar-refractivity contribution in [3.8, 4) is 0 Å². The first-order valence-corrected chi connectivity index (χ1v) is 11.8. The van der Waals surface area contributed by atoms with Crippen molar-refractivity contribution < 1.29 is 29.1 Å². The van der Waals surface area contributed by atoms with Crippen molar-refractivity contribution in [1.29, 1.82) is 0 Å². The maximum absolute atomic E-state index is 2.99. The van der Waals surface area contributed by atoms with Crippen LogP contribution in [0.25, 0.3) is 0 Å². The summed E-state index contributed by atoms with van der Waals surface area (Å²) in [6.45, 7) is 0. The van der Waals surface area contributed by atoms with Crippen LogP contribution in [-0.2, 0) is 26.2 Å². The molecule has 0 atom stereocenters. The van der Waals surface area contributed by atoms with Crippen LogP contribution >= 0.6 is 0 Å². The molecule has 0 saturated carbocycles. The number of rotatable bonds is 0. The van der Waals surface area contributed by atoms with Gasteiger partial charge in [-0.2, -0.15) is 6.08 Å². The van der Waals surface area contributed by atoms with Gasteiger partial charge < -0.3 is 2.85 Å². The monoisotopic (exact) mass is 322 g/mol. The predicted molar refractivity (Wildman–Crippen MR) is 47.1 cm³/mol. The van der Waals surface area contributed by atoms with Gasteiger partial charge in [0.15, 0.2) is 0 Å². The van der Waals surface area contributed by atoms with Gasteiger partial charge in [-0.1, -0.05) is 0 Å². The average Bonchev–Trinajstić information content (AvgIpc) is 2.11. The van der Waals surface area contributed by atoms with E-state index in [0.717, 1.165) is 6.42 Å². The number of hydrogen-bond donors (Lipinski definition) is 0. The Morgan fingerprint density at radius 3 is 2.00 bits per heavy atom. The molecule has 0 aromatic rings. The molecule has 2 heteroatoms. The van der Waals surface area contributed by atoms with E-state index in [1.807, 2.05) is 12.2 Å². The SMILES string of the molecule is [C-]1=CC=CC1.[CH3][Sn]([CH3])[CH3].[H-].[H-].[Zr+3]. The van der Waals surface area contributed by atoms with E-state index >= 15 is 0 Å². The third-order valence-electron chi connectivity index (χ3n) is 0.586. The first kappa shape index (κ1) is 13.7. The molecule has 0 aliphatic heterocycles. The van der Waals surface area contributed by atoms with E-state index in [4.69, 9.17) is 0 Å². The smallest absolute Gasteiger partial charge is 1.00 e. The summed E-state index contributed by atoms with van der Waals surface area (Å²) in [6, 6.07) is 0. The zero-order valence-electron chi connectivity index (χ0n) is 8.94. The molecule has 10 heavy (non-hydrogen) atoms. The molecular formula is C8H16SnZr. The topological polar surface area (TPSA) is 0 Å². The van der Waals surface area contributed by atoms with Crippen molar-refractivity contribution in [2.75, 3.05) is 0 Å². The number of hydrogen-bond acceptors (Lipinski definition) is 0. The molecule has 0 aromatic carbocycles. The van der Waals surface area contributed by atoms with E-state index in [1.165, 1.54) is 0 Å². The van der Waals surface area contributed by atoms with E-state index in [1.54, 1.807) is 0 Å². The summed E-state index contributed by atoms with van der Waals surface area (Å²) in [7, 11) is 0. The maximum Gasteiger partial charge on any atom is 3.00 e. The minimum atomic E-state index is -0.543. The van der Waals surface area contributed by atoms with Crippen molar-refractivity contribution in [2.45, 2.75) is 21.2 Å². The molecule has 0 nitrogen and oxygen atoms in total. The van der Waals surface area contributed by atoms with Crippen LogP contribution in [0.3, 0.4) is 0 Å². The molecule has 2 radical (unpaired) electrons. The van der Waals surface area contributed by atoms with Gasteiger partial charge in [0.25, 0.3) is 0 Å². The predicted octanol–water partition coefficient (Wildman–Crippen LogP) is 2.90. The molecule has 0 aromatic heterocycles. The molecular weight excluding hydrogens is 306 g/mol. The molecule has 0 N–H and O–H groups in total. The Hall–Kier alpha value is 1.16. The van der Waals surface area contributed by atoms with Crippen LogP contribution in [0.15, 0.2) is 18.2 Å². The van der Waals surface area contributed by atoms with Crippen molar-refractivity contribution in [3.05, 3.63) is 24.3 Å². The Balaban J connectivity index is -0.0000000436. The summed E-state index contributed by atoms with van der Waals surface area (Å²) < 4.78 is 0. The van der Waals surface area contributed by atoms with E-state index in [-0.39, 0.29) is 29.1 Å². The second-order valence-corrected chi connectivity index (χ2v) is 11.1. The van der Waals surface area contributed by atoms with Gasteiger partial charge in [0, 0.05) is 0 Å². The quantitative estimate of drug-likeness (QED) is 0.475. The van der Waals surface area contributed by atoms with Crippen molar-refractivity contribution in [3.63, 3.8) is 0 Å². The maximum atomic E-state index is 2.99. The second-order valence-electron chi connectivity index (χ2n) is 2.50. The molecule has 0 unspecified atom stereocenters. The third-order valence-corrected chi connectivity index (χ3v) is 0.586. The molecule has 1 aliphatic carbocycles. The van der Waals surface area contributed by atoms with Crippen LogP contribution in [0.2, 0.25) is 14.8 Å². The van der Waals surface area contributed by atoms with Gasteiger partial charge in [0.05, 0.1) is 0 Å². The van der Waals surface area contributed by atoms with E-state index < -0.39 is 19.8 Å². The zero-order valence-corrected chi connectivity index (χ0v) is 12.3. The van der Waals surface area contributed by atoms with E-state index in [0.29, 0.717) is 0 Å². The van der Waals surface area contributed by atoms with Gasteiger partial charge in [-0.25, -0.2) is 12.2 Å². The van der Waals surface area contributed by atoms with Crippen LogP contribution in [0, 0.1) is 6.08 Å². The summed E-state index contributed by atoms with van der Waals surface area (Å²) in [5.41, 5.74) is 0. The second kappa shape index (κ2) is 10.2. The molecule has 0 saturated heterocycles. The van der Waals surface area contributed by atoms with Crippen LogP contribution < -0.4 is 0 Å². The van der Waals surface area contributed by atoms with Crippen molar-refractivity contribution in [1.82, 2.24) is 0 Å².